The molecule has 3 saturated carbocycles. The molecule has 0 saturated heterocycles. The Morgan fingerprint density at radius 2 is 1.66 bits per heavy atom. The third kappa shape index (κ3) is 12.1. The van der Waals surface area contributed by atoms with Crippen molar-refractivity contribution >= 4 is 11.7 Å². The molecule has 392 valence electrons. The Balaban J connectivity index is 1.13. The molecule has 2 aliphatic heterocycles. The highest BCUT2D eigenvalue weighted by Crippen LogP contribution is 2.63. The molecule has 73 heavy (non-hydrogen) atoms. The monoisotopic (exact) mass is 996 g/mol. The number of ketones is 1. The first kappa shape index (κ1) is 54.3. The van der Waals surface area contributed by atoms with Gasteiger partial charge >= 0.3 is 0 Å². The summed E-state index contributed by atoms with van der Waals surface area (Å²) in [5.74, 6) is -0.913. The minimum absolute atomic E-state index is 0.0350. The number of amides is 1. The number of fused-ring (bicyclic) bond motifs is 4. The van der Waals surface area contributed by atoms with Crippen LogP contribution < -0.4 is 16.4 Å². The van der Waals surface area contributed by atoms with E-state index in [1.807, 2.05) is 80.6 Å². The first-order valence-corrected chi connectivity index (χ1v) is 27.1. The second kappa shape index (κ2) is 23.7. The molecule has 0 unspecified atom stereocenters. The van der Waals surface area contributed by atoms with Crippen LogP contribution in [-0.2, 0) is 35.3 Å². The van der Waals surface area contributed by atoms with Crippen molar-refractivity contribution in [3.63, 3.8) is 0 Å². The SMILES string of the molecule is C=C(/C=C/C=C(/CO)[C@H]1CC[C@@]2([C@@H]3CC[C@H](O)Cc4cccc(c4)C[C@H](Cc4ccc(O)cc4)[C@H](O)CN[C@H]4C(=O)N[C@@H](N)c5cccc(c54)CC(=O)/C(C)=C/3CC[C@@]2(C)O)[C@@H]1O)CC/C=C(/C)C1CCCC1. The number of phenols is 1. The lowest BCUT2D eigenvalue weighted by Gasteiger charge is -2.56. The Morgan fingerprint density at radius 3 is 2.40 bits per heavy atom. The van der Waals surface area contributed by atoms with E-state index in [1.165, 1.54) is 31.3 Å². The standard InChI is InChI=1S/C62H81N3O8/c1-38(11-7-13-39(2)44-16-5-6-17-44)12-8-19-46(37-66)51-28-30-62(58(51)71)53-26-25-49(68)34-43-15-9-14-42(31-43)33-47(32-41-21-23-48(67)24-22-41)55(70)36-64-57-56-45(18-10-20-52(56)59(63)65-60(57)72)35-54(69)40(3)50(53)27-29-61(62,4)73/h8-10,12-15,18-24,31,44,47,49,51,53,55,57-59,64,66-68,70-71,73H,1,5-7,11,16-17,25-30,32-37,63H2,2-4H3,(H,65,72)/b12-8+,39-13-,46-19-,50-40+/t47-,49-,51+,53+,55+,57+,58+,59+,61+,62+/m0/s1. The highest BCUT2D eigenvalue weighted by Gasteiger charge is 2.64. The second-order valence-corrected chi connectivity index (χ2v) is 22.5. The number of carbonyl (C=O) groups is 2. The summed E-state index contributed by atoms with van der Waals surface area (Å²) < 4.78 is 0. The second-order valence-electron chi connectivity index (χ2n) is 22.5. The number of aromatic hydroxyl groups is 1. The molecule has 10 N–H and O–H groups in total. The van der Waals surface area contributed by atoms with Gasteiger partial charge in [-0.25, -0.2) is 0 Å². The van der Waals surface area contributed by atoms with Gasteiger partial charge in [0.25, 0.3) is 0 Å². The van der Waals surface area contributed by atoms with E-state index in [9.17, 15) is 40.2 Å². The molecule has 2 heterocycles. The quantitative estimate of drug-likeness (QED) is 0.0699. The zero-order chi connectivity index (χ0) is 52.0. The molecule has 0 radical (unpaired) electrons. The Hall–Kier alpha value is -4.98. The van der Waals surface area contributed by atoms with E-state index in [1.54, 1.807) is 12.1 Å². The van der Waals surface area contributed by atoms with Crippen LogP contribution >= 0.6 is 0 Å². The number of Topliss-reactive ketones (excluding diaryl/α,β-unsaturated/α-hetero) is 1. The molecule has 5 aliphatic rings. The summed E-state index contributed by atoms with van der Waals surface area (Å²) in [5, 5.41) is 76.7. The van der Waals surface area contributed by atoms with Gasteiger partial charge in [-0.3, -0.25) is 14.9 Å². The van der Waals surface area contributed by atoms with Crippen molar-refractivity contribution < 1.29 is 40.2 Å². The molecule has 11 heteroatoms. The summed E-state index contributed by atoms with van der Waals surface area (Å²) in [7, 11) is 0. The largest absolute Gasteiger partial charge is 0.508 e. The summed E-state index contributed by atoms with van der Waals surface area (Å²) in [4.78, 5) is 28.9. The number of carbonyl (C=O) groups excluding carboxylic acids is 2. The number of β-amino-alcohol motifs (C(OH)–C–C–N with tert-alkyl or cyclic N) is 1. The van der Waals surface area contributed by atoms with Crippen LogP contribution in [0.5, 0.6) is 5.75 Å². The summed E-state index contributed by atoms with van der Waals surface area (Å²) in [5.41, 5.74) is 13.4. The number of phenolic OH excluding ortho intramolecular Hbond substituents is 1. The summed E-state index contributed by atoms with van der Waals surface area (Å²) in [6, 6.07) is 19.6. The lowest BCUT2D eigenvalue weighted by molar-refractivity contribution is -0.168. The molecule has 10 atom stereocenters. The molecule has 2 bridgehead atoms. The molecule has 11 nitrogen and oxygen atoms in total. The van der Waals surface area contributed by atoms with E-state index in [0.29, 0.717) is 91.5 Å². The van der Waals surface area contributed by atoms with Crippen molar-refractivity contribution in [2.24, 2.45) is 34.8 Å². The fourth-order valence-electron chi connectivity index (χ4n) is 13.6. The zero-order valence-corrected chi connectivity index (χ0v) is 43.4. The predicted octanol–water partition coefficient (Wildman–Crippen LogP) is 8.56. The molecule has 3 aromatic rings. The van der Waals surface area contributed by atoms with Crippen molar-refractivity contribution in [2.75, 3.05) is 13.2 Å². The van der Waals surface area contributed by atoms with Crippen LogP contribution in [0.15, 0.2) is 125 Å². The van der Waals surface area contributed by atoms with E-state index in [4.69, 9.17) is 5.73 Å². The molecule has 3 aliphatic carbocycles. The highest BCUT2D eigenvalue weighted by molar-refractivity contribution is 5.98. The summed E-state index contributed by atoms with van der Waals surface area (Å²) >= 11 is 0. The number of nitrogens with one attached hydrogen (secondary N) is 2. The van der Waals surface area contributed by atoms with Crippen molar-refractivity contribution in [2.45, 2.75) is 160 Å². The molecule has 3 fully saturated rings. The first-order chi connectivity index (χ1) is 35.0. The average molecular weight is 996 g/mol. The molecule has 8 rings (SSSR count). The van der Waals surface area contributed by atoms with E-state index < -0.39 is 53.4 Å². The van der Waals surface area contributed by atoms with Crippen molar-refractivity contribution in [3.05, 3.63) is 159 Å². The van der Waals surface area contributed by atoms with Crippen LogP contribution in [0.3, 0.4) is 0 Å². The predicted molar refractivity (Wildman–Crippen MR) is 287 cm³/mol. The van der Waals surface area contributed by atoms with Gasteiger partial charge in [0.2, 0.25) is 5.91 Å². The Labute approximate surface area is 433 Å². The Morgan fingerprint density at radius 1 is 0.932 bits per heavy atom. The Bertz CT molecular complexity index is 2590. The third-order valence-corrected chi connectivity index (χ3v) is 17.9. The first-order valence-electron chi connectivity index (χ1n) is 27.1. The third-order valence-electron chi connectivity index (χ3n) is 17.9. The minimum Gasteiger partial charge on any atom is -0.508 e. The fraction of sp³-hybridized carbons (Fsp3) is 0.516. The van der Waals surface area contributed by atoms with E-state index >= 15 is 0 Å². The van der Waals surface area contributed by atoms with Gasteiger partial charge in [-0.2, -0.15) is 0 Å². The molecule has 0 aromatic heterocycles. The molecular weight excluding hydrogens is 915 g/mol. The maximum absolute atomic E-state index is 14.9. The number of hydrogen-bond acceptors (Lipinski definition) is 10. The van der Waals surface area contributed by atoms with E-state index in [0.717, 1.165) is 40.7 Å². The van der Waals surface area contributed by atoms with Crippen LogP contribution in [-0.4, -0.2) is 79.4 Å². The van der Waals surface area contributed by atoms with Crippen LogP contribution in [0.1, 0.15) is 143 Å². The lowest BCUT2D eigenvalue weighted by Crippen LogP contribution is -2.59. The van der Waals surface area contributed by atoms with Crippen LogP contribution in [0.25, 0.3) is 0 Å². The number of allylic oxidation sites excluding steroid dienone is 8. The van der Waals surface area contributed by atoms with Crippen molar-refractivity contribution in [3.8, 4) is 5.75 Å². The van der Waals surface area contributed by atoms with Gasteiger partial charge in [-0.05, 0) is 179 Å². The fourth-order valence-corrected chi connectivity index (χ4v) is 13.6. The van der Waals surface area contributed by atoms with Crippen molar-refractivity contribution in [1.82, 2.24) is 10.6 Å². The zero-order valence-electron chi connectivity index (χ0n) is 43.4. The van der Waals surface area contributed by atoms with Crippen LogP contribution in [0, 0.1) is 29.1 Å². The van der Waals surface area contributed by atoms with Crippen LogP contribution in [0.4, 0.5) is 0 Å². The normalized spacial score (nSPS) is 32.1. The minimum atomic E-state index is -1.34. The van der Waals surface area contributed by atoms with Gasteiger partial charge in [-0.15, -0.1) is 0 Å². The Kier molecular flexibility index (Phi) is 17.6. The number of hydrogen-bond donors (Lipinski definition) is 9. The van der Waals surface area contributed by atoms with Gasteiger partial charge in [0.15, 0.2) is 5.78 Å². The summed E-state index contributed by atoms with van der Waals surface area (Å²) in [6.07, 6.45) is 15.2. The van der Waals surface area contributed by atoms with Gasteiger partial charge in [0, 0.05) is 24.3 Å². The smallest absolute Gasteiger partial charge is 0.243 e. The number of nitrogens with two attached hydrogens (primary N) is 1. The van der Waals surface area contributed by atoms with E-state index in [2.05, 4.69) is 36.3 Å². The molecular formula is C62H81N3O8. The van der Waals surface area contributed by atoms with Gasteiger partial charge in [-0.1, -0.05) is 115 Å². The van der Waals surface area contributed by atoms with E-state index in [-0.39, 0.29) is 42.9 Å². The number of benzene rings is 3. The highest BCUT2D eigenvalue weighted by atomic mass is 16.3. The van der Waals surface area contributed by atoms with Crippen molar-refractivity contribution in [1.29, 1.82) is 0 Å². The molecule has 1 amide bonds. The average Bonchev–Trinajstić information content (AvgIpc) is 4.03. The maximum atomic E-state index is 14.9. The lowest BCUT2D eigenvalue weighted by atomic mass is 9.52. The summed E-state index contributed by atoms with van der Waals surface area (Å²) in [6.45, 7) is 9.98. The number of aliphatic hydroxyl groups excluding tert-OH is 4. The molecule has 1 spiro atoms. The van der Waals surface area contributed by atoms with Gasteiger partial charge < -0.3 is 41.7 Å². The van der Waals surface area contributed by atoms with Gasteiger partial charge in [0.1, 0.15) is 18.0 Å². The maximum Gasteiger partial charge on any atom is 0.243 e. The number of aliphatic hydroxyl groups is 5. The topological polar surface area (TPSA) is 206 Å². The van der Waals surface area contributed by atoms with Gasteiger partial charge in [0.05, 0.1) is 30.5 Å². The molecule has 3 aromatic carbocycles. The number of rotatable bonds is 10. The van der Waals surface area contributed by atoms with Crippen LogP contribution in [0.2, 0.25) is 0 Å².